The number of benzene rings is 2. The largest absolute Gasteiger partial charge is 0.383 e. The molecule has 1 atom stereocenters. The Hall–Kier alpha value is -3.30. The van der Waals surface area contributed by atoms with Crippen LogP contribution < -0.4 is 15.6 Å². The highest BCUT2D eigenvalue weighted by atomic mass is 32.1. The fraction of sp³-hybridized carbons (Fsp3) is 0.238. The van der Waals surface area contributed by atoms with Gasteiger partial charge in [0.25, 0.3) is 5.91 Å². The fourth-order valence-electron chi connectivity index (χ4n) is 3.28. The minimum Gasteiger partial charge on any atom is -0.383 e. The van der Waals surface area contributed by atoms with Crippen LogP contribution in [0.15, 0.2) is 59.7 Å². The summed E-state index contributed by atoms with van der Waals surface area (Å²) in [5.74, 6) is -0.843. The van der Waals surface area contributed by atoms with Crippen molar-refractivity contribution in [2.24, 2.45) is 10.8 Å². The molecule has 30 heavy (non-hydrogen) atoms. The van der Waals surface area contributed by atoms with Gasteiger partial charge < -0.3 is 10.5 Å². The molecule has 0 spiro atoms. The summed E-state index contributed by atoms with van der Waals surface area (Å²) in [5.41, 5.74) is 7.38. The van der Waals surface area contributed by atoms with E-state index >= 15 is 0 Å². The number of hydrogen-bond donors (Lipinski definition) is 1. The number of nitrogens with zero attached hydrogens (tertiary/aromatic N) is 4. The quantitative estimate of drug-likeness (QED) is 0.629. The lowest BCUT2D eigenvalue weighted by molar-refractivity contribution is -0.119. The summed E-state index contributed by atoms with van der Waals surface area (Å²) in [4.78, 5) is 31.6. The summed E-state index contributed by atoms with van der Waals surface area (Å²) in [6, 6.07) is 16.2. The monoisotopic (exact) mass is 423 g/mol. The number of carbonyl (C=O) groups excluding carboxylic acids is 2. The predicted octanol–water partition coefficient (Wildman–Crippen LogP) is 2.40. The van der Waals surface area contributed by atoms with Gasteiger partial charge in [-0.25, -0.2) is 4.98 Å². The Bertz CT molecular complexity index is 1070. The second-order valence-electron chi connectivity index (χ2n) is 6.76. The van der Waals surface area contributed by atoms with Crippen molar-refractivity contribution >= 4 is 49.9 Å². The highest BCUT2D eigenvalue weighted by molar-refractivity contribution is 7.22. The van der Waals surface area contributed by atoms with Gasteiger partial charge >= 0.3 is 0 Å². The van der Waals surface area contributed by atoms with Crippen LogP contribution >= 0.6 is 11.3 Å². The van der Waals surface area contributed by atoms with Gasteiger partial charge in [-0.15, -0.1) is 0 Å². The van der Waals surface area contributed by atoms with E-state index in [4.69, 9.17) is 10.5 Å². The zero-order valence-electron chi connectivity index (χ0n) is 16.4. The number of para-hydroxylation sites is 2. The number of fused-ring (bicyclic) bond motifs is 1. The van der Waals surface area contributed by atoms with Crippen molar-refractivity contribution in [3.63, 3.8) is 0 Å². The van der Waals surface area contributed by atoms with Gasteiger partial charge in [0.1, 0.15) is 11.8 Å². The summed E-state index contributed by atoms with van der Waals surface area (Å²) >= 11 is 1.43. The number of methoxy groups -OCH3 is 1. The van der Waals surface area contributed by atoms with E-state index in [0.29, 0.717) is 24.0 Å². The van der Waals surface area contributed by atoms with E-state index in [2.05, 4.69) is 10.1 Å². The molecule has 1 aliphatic rings. The second kappa shape index (κ2) is 8.60. The van der Waals surface area contributed by atoms with Gasteiger partial charge in [-0.05, 0) is 24.3 Å². The van der Waals surface area contributed by atoms with E-state index in [1.807, 2.05) is 54.6 Å². The molecule has 0 radical (unpaired) electrons. The third-order valence-corrected chi connectivity index (χ3v) is 5.84. The van der Waals surface area contributed by atoms with Gasteiger partial charge in [-0.3, -0.25) is 19.5 Å². The van der Waals surface area contributed by atoms with Crippen molar-refractivity contribution in [3.05, 3.63) is 54.6 Å². The number of anilines is 2. The van der Waals surface area contributed by atoms with Crippen LogP contribution in [0, 0.1) is 0 Å². The van der Waals surface area contributed by atoms with Crippen LogP contribution in [0.1, 0.15) is 6.42 Å². The number of amides is 2. The maximum atomic E-state index is 13.4. The lowest BCUT2D eigenvalue weighted by Crippen LogP contribution is -2.41. The highest BCUT2D eigenvalue weighted by Crippen LogP contribution is 2.30. The smallest absolute Gasteiger partial charge is 0.276 e. The van der Waals surface area contributed by atoms with Crippen molar-refractivity contribution < 1.29 is 14.3 Å². The first-order chi connectivity index (χ1) is 14.6. The minimum absolute atomic E-state index is 0.136. The summed E-state index contributed by atoms with van der Waals surface area (Å²) < 4.78 is 6.17. The van der Waals surface area contributed by atoms with E-state index in [9.17, 15) is 9.59 Å². The number of rotatable bonds is 7. The summed E-state index contributed by atoms with van der Waals surface area (Å²) in [7, 11) is 1.58. The number of primary amides is 1. The van der Waals surface area contributed by atoms with Crippen LogP contribution in [-0.4, -0.2) is 48.8 Å². The number of ether oxygens (including phenoxy) is 1. The zero-order valence-corrected chi connectivity index (χ0v) is 17.2. The molecule has 2 N–H and O–H groups in total. The third kappa shape index (κ3) is 3.89. The van der Waals surface area contributed by atoms with Crippen molar-refractivity contribution in [3.8, 4) is 0 Å². The Labute approximate surface area is 177 Å². The third-order valence-electron chi connectivity index (χ3n) is 4.78. The molecule has 2 aromatic carbocycles. The van der Waals surface area contributed by atoms with Crippen LogP contribution in [0.25, 0.3) is 10.2 Å². The Morgan fingerprint density at radius 1 is 1.20 bits per heavy atom. The molecule has 2 heterocycles. The van der Waals surface area contributed by atoms with Crippen LogP contribution in [0.3, 0.4) is 0 Å². The minimum atomic E-state index is -0.717. The first kappa shape index (κ1) is 20.0. The Balaban J connectivity index is 1.67. The normalized spacial score (nSPS) is 16.0. The molecule has 4 rings (SSSR count). The first-order valence-corrected chi connectivity index (χ1v) is 10.3. The van der Waals surface area contributed by atoms with Crippen LogP contribution in [0.2, 0.25) is 0 Å². The van der Waals surface area contributed by atoms with Gasteiger partial charge in [0, 0.05) is 13.5 Å². The van der Waals surface area contributed by atoms with Crippen LogP contribution in [0.5, 0.6) is 0 Å². The Kier molecular flexibility index (Phi) is 5.73. The summed E-state index contributed by atoms with van der Waals surface area (Å²) in [6.07, 6.45) is 0.136. The molecule has 0 saturated carbocycles. The Morgan fingerprint density at radius 3 is 2.63 bits per heavy atom. The van der Waals surface area contributed by atoms with Gasteiger partial charge in [-0.1, -0.05) is 41.7 Å². The molecule has 0 saturated heterocycles. The number of nitrogens with two attached hydrogens (primary N) is 1. The topological polar surface area (TPSA) is 101 Å². The van der Waals surface area contributed by atoms with E-state index in [-0.39, 0.29) is 18.0 Å². The van der Waals surface area contributed by atoms with Crippen molar-refractivity contribution in [2.45, 2.75) is 12.5 Å². The molecule has 1 aliphatic heterocycles. The second-order valence-corrected chi connectivity index (χ2v) is 7.77. The molecule has 1 unspecified atom stereocenters. The highest BCUT2D eigenvalue weighted by Gasteiger charge is 2.37. The molecule has 0 bridgehead atoms. The maximum Gasteiger partial charge on any atom is 0.276 e. The van der Waals surface area contributed by atoms with Gasteiger partial charge in [0.2, 0.25) is 5.91 Å². The van der Waals surface area contributed by atoms with E-state index in [1.54, 1.807) is 12.0 Å². The van der Waals surface area contributed by atoms with Gasteiger partial charge in [0.15, 0.2) is 5.13 Å². The first-order valence-electron chi connectivity index (χ1n) is 9.46. The lowest BCUT2D eigenvalue weighted by atomic mass is 10.1. The molecule has 3 aromatic rings. The summed E-state index contributed by atoms with van der Waals surface area (Å²) in [6.45, 7) is 0.664. The van der Waals surface area contributed by atoms with E-state index in [0.717, 1.165) is 10.2 Å². The number of thiazole rings is 1. The molecule has 1 aromatic heterocycles. The predicted molar refractivity (Wildman–Crippen MR) is 118 cm³/mol. The molecular weight excluding hydrogens is 402 g/mol. The summed E-state index contributed by atoms with van der Waals surface area (Å²) in [5, 5.41) is 6.54. The number of aromatic nitrogens is 1. The van der Waals surface area contributed by atoms with Crippen molar-refractivity contribution in [1.29, 1.82) is 0 Å². The number of carbonyl (C=O) groups is 2. The van der Waals surface area contributed by atoms with Crippen molar-refractivity contribution in [1.82, 2.24) is 4.98 Å². The SMILES string of the molecule is COCCN(C(=O)C1=NN(c2ccccc2)C(C(N)=O)C1)c1nc2ccccc2s1. The maximum absolute atomic E-state index is 13.4. The standard InChI is InChI=1S/C21H21N5O3S/c1-29-12-11-25(21-23-15-9-5-6-10-18(15)30-21)20(28)16-13-17(19(22)27)26(24-16)14-7-3-2-4-8-14/h2-10,17H,11-13H2,1H3,(H2,22,27). The van der Waals surface area contributed by atoms with Crippen LogP contribution in [0.4, 0.5) is 10.8 Å². The molecule has 0 aliphatic carbocycles. The number of hydrogen-bond acceptors (Lipinski definition) is 7. The molecule has 154 valence electrons. The van der Waals surface area contributed by atoms with Crippen LogP contribution in [-0.2, 0) is 14.3 Å². The Morgan fingerprint density at radius 2 is 1.93 bits per heavy atom. The average Bonchev–Trinajstić information content (AvgIpc) is 3.39. The zero-order chi connectivity index (χ0) is 21.1. The molecule has 8 nitrogen and oxygen atoms in total. The molecular formula is C21H21N5O3S. The van der Waals surface area contributed by atoms with Crippen molar-refractivity contribution in [2.75, 3.05) is 30.2 Å². The fourth-order valence-corrected chi connectivity index (χ4v) is 4.27. The molecule has 0 fully saturated rings. The average molecular weight is 423 g/mol. The van der Waals surface area contributed by atoms with E-state index in [1.165, 1.54) is 16.3 Å². The van der Waals surface area contributed by atoms with E-state index < -0.39 is 11.9 Å². The van der Waals surface area contributed by atoms with Gasteiger partial charge in [0.05, 0.1) is 29.1 Å². The molecule has 9 heteroatoms. The number of hydrazone groups is 1. The lowest BCUT2D eigenvalue weighted by Gasteiger charge is -2.20. The van der Waals surface area contributed by atoms with Gasteiger partial charge in [-0.2, -0.15) is 5.10 Å². The molecule has 2 amide bonds.